The number of hydrogen-bond acceptors (Lipinski definition) is 5. The van der Waals surface area contributed by atoms with Crippen molar-refractivity contribution in [3.8, 4) is 17.2 Å². The largest absolute Gasteiger partial charge is 0.508 e. The first kappa shape index (κ1) is 15.4. The van der Waals surface area contributed by atoms with Gasteiger partial charge in [0.1, 0.15) is 5.75 Å². The Balaban J connectivity index is 2.42. The number of nitrogens with zero attached hydrogens (tertiary/aromatic N) is 1. The molecule has 0 bridgehead atoms. The van der Waals surface area contributed by atoms with E-state index >= 15 is 0 Å². The molecule has 0 aliphatic rings. The third kappa shape index (κ3) is 3.36. The first-order valence-corrected chi connectivity index (χ1v) is 7.30. The molecule has 0 unspecified atom stereocenters. The monoisotopic (exact) mass is 305 g/mol. The van der Waals surface area contributed by atoms with Crippen LogP contribution in [-0.2, 0) is 0 Å². The van der Waals surface area contributed by atoms with Crippen LogP contribution in [0.15, 0.2) is 40.1 Å². The fraction of sp³-hybridized carbons (Fsp3) is 0.250. The molecule has 5 heteroatoms. The van der Waals surface area contributed by atoms with Crippen molar-refractivity contribution in [2.24, 2.45) is 0 Å². The average molecular weight is 305 g/mol. The minimum absolute atomic E-state index is 0.134. The van der Waals surface area contributed by atoms with Crippen molar-refractivity contribution in [1.29, 1.82) is 0 Å². The summed E-state index contributed by atoms with van der Waals surface area (Å²) in [6.45, 7) is 1.95. The van der Waals surface area contributed by atoms with Crippen LogP contribution in [0.1, 0.15) is 5.56 Å². The summed E-state index contributed by atoms with van der Waals surface area (Å²) in [5, 5.41) is 19.6. The Labute approximate surface area is 129 Å². The average Bonchev–Trinajstić information content (AvgIpc) is 2.43. The van der Waals surface area contributed by atoms with Crippen LogP contribution < -0.4 is 9.64 Å². The highest BCUT2D eigenvalue weighted by molar-refractivity contribution is 7.99. The van der Waals surface area contributed by atoms with Crippen molar-refractivity contribution in [3.05, 3.63) is 35.9 Å². The highest BCUT2D eigenvalue weighted by Crippen LogP contribution is 2.42. The molecule has 0 atom stereocenters. The summed E-state index contributed by atoms with van der Waals surface area (Å²) >= 11 is 1.56. The molecule has 0 aliphatic heterocycles. The van der Waals surface area contributed by atoms with Crippen LogP contribution in [0.25, 0.3) is 0 Å². The SMILES string of the molecule is COc1cc(Sc2ccc(O)cc2C)cc(N(C)C)c1O. The number of benzene rings is 2. The molecule has 2 N–H and O–H groups in total. The van der Waals surface area contributed by atoms with Crippen molar-refractivity contribution in [2.45, 2.75) is 16.7 Å². The molecule has 2 rings (SSSR count). The molecule has 4 nitrogen and oxygen atoms in total. The van der Waals surface area contributed by atoms with E-state index in [1.54, 1.807) is 30.0 Å². The maximum atomic E-state index is 10.1. The van der Waals surface area contributed by atoms with E-state index in [2.05, 4.69) is 0 Å². The number of methoxy groups -OCH3 is 1. The van der Waals surface area contributed by atoms with E-state index in [1.165, 1.54) is 7.11 Å². The van der Waals surface area contributed by atoms with Gasteiger partial charge in [-0.1, -0.05) is 11.8 Å². The molecular formula is C16H19NO3S. The van der Waals surface area contributed by atoms with E-state index in [4.69, 9.17) is 4.74 Å². The summed E-state index contributed by atoms with van der Waals surface area (Å²) in [6.07, 6.45) is 0. The van der Waals surface area contributed by atoms with Gasteiger partial charge in [0.15, 0.2) is 11.5 Å². The second-order valence-electron chi connectivity index (χ2n) is 4.94. The van der Waals surface area contributed by atoms with E-state index in [0.717, 1.165) is 15.4 Å². The van der Waals surface area contributed by atoms with E-state index in [1.807, 2.05) is 38.1 Å². The molecule has 0 aliphatic carbocycles. The molecule has 21 heavy (non-hydrogen) atoms. The standard InChI is InChI=1S/C16H19NO3S/c1-10-7-11(18)5-6-15(10)21-12-8-13(17(2)3)16(19)14(9-12)20-4/h5-9,18-19H,1-4H3. The molecule has 2 aromatic rings. The third-order valence-corrected chi connectivity index (χ3v) is 4.27. The van der Waals surface area contributed by atoms with Gasteiger partial charge in [0.25, 0.3) is 0 Å². The lowest BCUT2D eigenvalue weighted by Crippen LogP contribution is -2.09. The molecule has 0 amide bonds. The summed E-state index contributed by atoms with van der Waals surface area (Å²) in [5.74, 6) is 0.837. The highest BCUT2D eigenvalue weighted by atomic mass is 32.2. The van der Waals surface area contributed by atoms with Crippen LogP contribution in [0.4, 0.5) is 5.69 Å². The van der Waals surface area contributed by atoms with Gasteiger partial charge in [-0.15, -0.1) is 0 Å². The zero-order valence-electron chi connectivity index (χ0n) is 12.5. The van der Waals surface area contributed by atoms with E-state index in [0.29, 0.717) is 11.4 Å². The predicted molar refractivity (Wildman–Crippen MR) is 86.0 cm³/mol. The zero-order valence-corrected chi connectivity index (χ0v) is 13.4. The van der Waals surface area contributed by atoms with E-state index in [-0.39, 0.29) is 11.5 Å². The summed E-state index contributed by atoms with van der Waals surface area (Å²) in [6, 6.07) is 8.99. The molecule has 0 fully saturated rings. The Morgan fingerprint density at radius 2 is 1.81 bits per heavy atom. The molecule has 0 radical (unpaired) electrons. The molecule has 0 saturated carbocycles. The second kappa shape index (κ2) is 6.18. The summed E-state index contributed by atoms with van der Waals surface area (Å²) < 4.78 is 5.23. The zero-order chi connectivity index (χ0) is 15.6. The maximum absolute atomic E-state index is 10.1. The number of rotatable bonds is 4. The maximum Gasteiger partial charge on any atom is 0.181 e. The Morgan fingerprint density at radius 3 is 2.38 bits per heavy atom. The highest BCUT2D eigenvalue weighted by Gasteiger charge is 2.13. The Hall–Kier alpha value is -2.01. The first-order chi connectivity index (χ1) is 9.92. The van der Waals surface area contributed by atoms with Gasteiger partial charge >= 0.3 is 0 Å². The van der Waals surface area contributed by atoms with E-state index < -0.39 is 0 Å². The quantitative estimate of drug-likeness (QED) is 0.903. The van der Waals surface area contributed by atoms with Crippen molar-refractivity contribution >= 4 is 17.4 Å². The fourth-order valence-electron chi connectivity index (χ4n) is 2.00. The number of aryl methyl sites for hydroxylation is 1. The summed E-state index contributed by atoms with van der Waals surface area (Å²) in [7, 11) is 5.28. The van der Waals surface area contributed by atoms with Crippen LogP contribution in [-0.4, -0.2) is 31.4 Å². The van der Waals surface area contributed by atoms with Crippen molar-refractivity contribution in [1.82, 2.24) is 0 Å². The smallest absolute Gasteiger partial charge is 0.181 e. The molecule has 0 spiro atoms. The summed E-state index contributed by atoms with van der Waals surface area (Å²) in [5.41, 5.74) is 1.70. The second-order valence-corrected chi connectivity index (χ2v) is 6.05. The lowest BCUT2D eigenvalue weighted by Gasteiger charge is -2.18. The van der Waals surface area contributed by atoms with Gasteiger partial charge < -0.3 is 19.8 Å². The topological polar surface area (TPSA) is 52.9 Å². The Kier molecular flexibility index (Phi) is 4.53. The van der Waals surface area contributed by atoms with Gasteiger partial charge in [-0.3, -0.25) is 0 Å². The number of phenolic OH excluding ortho intramolecular Hbond substituents is 2. The third-order valence-electron chi connectivity index (χ3n) is 3.12. The Morgan fingerprint density at radius 1 is 1.10 bits per heavy atom. The first-order valence-electron chi connectivity index (χ1n) is 6.48. The van der Waals surface area contributed by atoms with Crippen LogP contribution >= 0.6 is 11.8 Å². The number of phenols is 2. The van der Waals surface area contributed by atoms with Gasteiger partial charge in [-0.25, -0.2) is 0 Å². The van der Waals surface area contributed by atoms with Gasteiger partial charge in [0, 0.05) is 23.9 Å². The van der Waals surface area contributed by atoms with Gasteiger partial charge in [-0.2, -0.15) is 0 Å². The fourth-order valence-corrected chi connectivity index (χ4v) is 2.95. The minimum Gasteiger partial charge on any atom is -0.508 e. The minimum atomic E-state index is 0.134. The van der Waals surface area contributed by atoms with Crippen molar-refractivity contribution in [3.63, 3.8) is 0 Å². The molecule has 2 aromatic carbocycles. The normalized spacial score (nSPS) is 10.5. The molecule has 0 heterocycles. The molecule has 112 valence electrons. The number of hydrogen-bond donors (Lipinski definition) is 2. The number of ether oxygens (including phenoxy) is 1. The lowest BCUT2D eigenvalue weighted by molar-refractivity contribution is 0.373. The van der Waals surface area contributed by atoms with Crippen LogP contribution in [0.2, 0.25) is 0 Å². The molecule has 0 saturated heterocycles. The summed E-state index contributed by atoms with van der Waals surface area (Å²) in [4.78, 5) is 3.85. The van der Waals surface area contributed by atoms with Gasteiger partial charge in [-0.05, 0) is 42.8 Å². The van der Waals surface area contributed by atoms with Crippen LogP contribution in [0.5, 0.6) is 17.2 Å². The van der Waals surface area contributed by atoms with Crippen LogP contribution in [0.3, 0.4) is 0 Å². The van der Waals surface area contributed by atoms with Gasteiger partial charge in [0.05, 0.1) is 12.8 Å². The van der Waals surface area contributed by atoms with Crippen LogP contribution in [0, 0.1) is 6.92 Å². The molecular weight excluding hydrogens is 286 g/mol. The molecule has 0 aromatic heterocycles. The van der Waals surface area contributed by atoms with Gasteiger partial charge in [0.2, 0.25) is 0 Å². The lowest BCUT2D eigenvalue weighted by atomic mass is 10.2. The number of aromatic hydroxyl groups is 2. The van der Waals surface area contributed by atoms with E-state index in [9.17, 15) is 10.2 Å². The Bertz CT molecular complexity index is 656. The van der Waals surface area contributed by atoms with Crippen molar-refractivity contribution < 1.29 is 14.9 Å². The number of anilines is 1. The van der Waals surface area contributed by atoms with Crippen molar-refractivity contribution in [2.75, 3.05) is 26.1 Å². The predicted octanol–water partition coefficient (Wildman–Crippen LogP) is 3.63.